The number of carbonyl (C=O) groups excluding carboxylic acids is 4. The molecule has 2 atom stereocenters. The fourth-order valence-electron chi connectivity index (χ4n) is 3.02. The molecule has 0 radical (unpaired) electrons. The Morgan fingerprint density at radius 2 is 2.09 bits per heavy atom. The van der Waals surface area contributed by atoms with Gasteiger partial charge >= 0.3 is 41.5 Å². The number of rotatable bonds is 9. The Balaban J connectivity index is 0.00000432. The molecule has 0 aliphatic carbocycles. The first-order chi connectivity index (χ1) is 16.1. The minimum absolute atomic E-state index is 0. The summed E-state index contributed by atoms with van der Waals surface area (Å²) in [4.78, 5) is 69.9. The maximum absolute atomic E-state index is 12.9. The fourth-order valence-corrected chi connectivity index (χ4v) is 4.90. The third-order valence-corrected chi connectivity index (χ3v) is 6.61. The number of nitrogens with two attached hydrogens (primary N) is 1. The third-order valence-electron chi connectivity index (χ3n) is 4.60. The van der Waals surface area contributed by atoms with E-state index in [1.165, 1.54) is 31.1 Å². The second-order valence-corrected chi connectivity index (χ2v) is 8.85. The van der Waals surface area contributed by atoms with Crippen LogP contribution in [0.2, 0.25) is 0 Å². The van der Waals surface area contributed by atoms with Crippen molar-refractivity contribution in [1.29, 1.82) is 0 Å². The first kappa shape index (κ1) is 28.6. The van der Waals surface area contributed by atoms with Crippen molar-refractivity contribution < 1.29 is 38.7 Å². The summed E-state index contributed by atoms with van der Waals surface area (Å²) < 4.78 is 4.89. The number of amides is 3. The number of hydrogen-bond donors (Lipinski definition) is 4. The van der Waals surface area contributed by atoms with Gasteiger partial charge in [-0.2, -0.15) is 0 Å². The van der Waals surface area contributed by atoms with Gasteiger partial charge in [-0.15, -0.1) is 23.1 Å². The summed E-state index contributed by atoms with van der Waals surface area (Å²) in [7, 11) is 1.40. The van der Waals surface area contributed by atoms with Crippen molar-refractivity contribution in [2.45, 2.75) is 18.3 Å². The Labute approximate surface area is 228 Å². The monoisotopic (exact) mass is 536 g/mol. The molecule has 3 amide bonds. The number of thiazole rings is 1. The summed E-state index contributed by atoms with van der Waals surface area (Å²) in [6.45, 7) is 0.467. The molecule has 3 rings (SSSR count). The number of likely N-dealkylation sites (N-methyl/N-ethyl adjacent to an activating group) is 1. The quantitative estimate of drug-likeness (QED) is 0.0880. The zero-order valence-corrected chi connectivity index (χ0v) is 19.5. The summed E-state index contributed by atoms with van der Waals surface area (Å²) in [5, 5.41) is 19.0. The number of ether oxygens (including phenoxy) is 1. The summed E-state index contributed by atoms with van der Waals surface area (Å²) in [6, 6.07) is -1.05. The standard InChI is InChI=1S/C18H20N6O8S2.Na.H/c1-7(25)31-3-8-5-33-16-12(15(28)24(16)13(8)17(29)30)22-14(27)11(9-6-34-18(19)21-9)23-32-4-10(26)20-2;;/h6,12,16H,3-5H2,1-2H3,(H2,19,21)(H,20,26)(H,22,27)(H,29,30);;/b23-11-;;/t12-,16-;;/m1../s1. The van der Waals surface area contributed by atoms with Crippen LogP contribution in [0.1, 0.15) is 12.6 Å². The number of carbonyl (C=O) groups is 5. The van der Waals surface area contributed by atoms with Gasteiger partial charge in [0, 0.05) is 30.7 Å². The molecular weight excluding hydrogens is 515 g/mol. The third kappa shape index (κ3) is 6.52. The van der Waals surface area contributed by atoms with Gasteiger partial charge in [0.25, 0.3) is 17.7 Å². The number of β-lactam (4-membered cyclic amide) rings is 1. The van der Waals surface area contributed by atoms with Crippen molar-refractivity contribution in [2.75, 3.05) is 31.7 Å². The second-order valence-electron chi connectivity index (χ2n) is 6.86. The van der Waals surface area contributed by atoms with Crippen LogP contribution in [-0.2, 0) is 33.5 Å². The first-order valence-electron chi connectivity index (χ1n) is 9.60. The topological polar surface area (TPSA) is 203 Å². The molecule has 5 N–H and O–H groups in total. The van der Waals surface area contributed by atoms with E-state index in [1.54, 1.807) is 0 Å². The summed E-state index contributed by atoms with van der Waals surface area (Å²) in [5.74, 6) is -3.73. The number of aromatic nitrogens is 1. The van der Waals surface area contributed by atoms with Gasteiger partial charge in [-0.1, -0.05) is 5.16 Å². The van der Waals surface area contributed by atoms with Gasteiger partial charge in [0.15, 0.2) is 17.5 Å². The van der Waals surface area contributed by atoms with Crippen molar-refractivity contribution in [3.05, 3.63) is 22.3 Å². The van der Waals surface area contributed by atoms with E-state index in [2.05, 4.69) is 20.8 Å². The normalized spacial score (nSPS) is 19.1. The van der Waals surface area contributed by atoms with Gasteiger partial charge in [-0.25, -0.2) is 9.78 Å². The van der Waals surface area contributed by atoms with Crippen LogP contribution in [0.3, 0.4) is 0 Å². The molecule has 3 heterocycles. The molecule has 1 saturated heterocycles. The number of carboxylic acids is 1. The van der Waals surface area contributed by atoms with E-state index < -0.39 is 47.7 Å². The van der Waals surface area contributed by atoms with Crippen molar-refractivity contribution in [1.82, 2.24) is 20.5 Å². The van der Waals surface area contributed by atoms with Crippen LogP contribution in [0.15, 0.2) is 21.8 Å². The van der Waals surface area contributed by atoms with Crippen LogP contribution in [0, 0.1) is 0 Å². The van der Waals surface area contributed by atoms with Crippen molar-refractivity contribution in [2.24, 2.45) is 5.16 Å². The Hall–Kier alpha value is -2.66. The Bertz CT molecular complexity index is 1110. The molecule has 0 unspecified atom stereocenters. The number of nitrogens with one attached hydrogen (secondary N) is 2. The number of hydrogen-bond acceptors (Lipinski definition) is 12. The predicted octanol–water partition coefficient (Wildman–Crippen LogP) is -2.15. The van der Waals surface area contributed by atoms with Crippen LogP contribution in [0.4, 0.5) is 5.13 Å². The minimum atomic E-state index is -1.35. The molecule has 2 aliphatic heterocycles. The first-order valence-corrected chi connectivity index (χ1v) is 11.5. The molecule has 0 bridgehead atoms. The number of thioether (sulfide) groups is 1. The number of nitrogens with zero attached hydrogens (tertiary/aromatic N) is 3. The van der Waals surface area contributed by atoms with E-state index in [0.29, 0.717) is 0 Å². The number of nitrogen functional groups attached to an aromatic ring is 1. The fraction of sp³-hybridized carbons (Fsp3) is 0.389. The Morgan fingerprint density at radius 1 is 1.37 bits per heavy atom. The van der Waals surface area contributed by atoms with Gasteiger partial charge in [-0.3, -0.25) is 24.1 Å². The van der Waals surface area contributed by atoms with Gasteiger partial charge < -0.3 is 31.0 Å². The Kier molecular flexibility index (Phi) is 10.1. The van der Waals surface area contributed by atoms with Crippen molar-refractivity contribution >= 4 is 93.2 Å². The maximum atomic E-state index is 12.9. The van der Waals surface area contributed by atoms with Crippen molar-refractivity contribution in [3.8, 4) is 0 Å². The SMILES string of the molecule is CNC(=O)CO/N=C(\C(=O)N[C@@H]1C(=O)N2C(C(=O)O)=C(COC(C)=O)CS[C@H]12)c1csc(N)n1.[NaH]. The summed E-state index contributed by atoms with van der Waals surface area (Å²) in [6.07, 6.45) is 0. The van der Waals surface area contributed by atoms with E-state index in [-0.39, 0.29) is 69.7 Å². The molecule has 1 aromatic rings. The number of esters is 1. The molecule has 0 aromatic carbocycles. The molecule has 1 aromatic heterocycles. The van der Waals surface area contributed by atoms with E-state index >= 15 is 0 Å². The second kappa shape index (κ2) is 12.3. The average Bonchev–Trinajstić information content (AvgIpc) is 3.23. The molecule has 0 saturated carbocycles. The molecule has 17 heteroatoms. The number of oxime groups is 1. The number of aliphatic carboxylic acids is 1. The van der Waals surface area contributed by atoms with Gasteiger partial charge in [-0.05, 0) is 0 Å². The molecule has 0 spiro atoms. The van der Waals surface area contributed by atoms with Crippen molar-refractivity contribution in [3.63, 3.8) is 0 Å². The summed E-state index contributed by atoms with van der Waals surface area (Å²) in [5.41, 5.74) is 5.37. The van der Waals surface area contributed by atoms with E-state index in [9.17, 15) is 29.1 Å². The van der Waals surface area contributed by atoms with E-state index in [0.717, 1.165) is 16.2 Å². The van der Waals surface area contributed by atoms with Crippen LogP contribution >= 0.6 is 23.1 Å². The molecular formula is C18H21N6NaO8S2. The zero-order valence-electron chi connectivity index (χ0n) is 17.9. The Morgan fingerprint density at radius 3 is 2.66 bits per heavy atom. The molecule has 35 heavy (non-hydrogen) atoms. The molecule has 184 valence electrons. The van der Waals surface area contributed by atoms with E-state index in [4.69, 9.17) is 15.3 Å². The van der Waals surface area contributed by atoms with Gasteiger partial charge in [0.05, 0.1) is 0 Å². The van der Waals surface area contributed by atoms with Crippen LogP contribution in [-0.4, -0.2) is 117 Å². The van der Waals surface area contributed by atoms with Gasteiger partial charge in [0.2, 0.25) is 0 Å². The number of carboxylic acid groups (broad SMARTS) is 1. The van der Waals surface area contributed by atoms with Crippen LogP contribution < -0.4 is 16.4 Å². The number of fused-ring (bicyclic) bond motifs is 1. The van der Waals surface area contributed by atoms with Crippen LogP contribution in [0.25, 0.3) is 0 Å². The predicted molar refractivity (Wildman–Crippen MR) is 127 cm³/mol. The molecule has 1 fully saturated rings. The number of anilines is 1. The van der Waals surface area contributed by atoms with Crippen LogP contribution in [0.5, 0.6) is 0 Å². The zero-order chi connectivity index (χ0) is 25.0. The molecule has 2 aliphatic rings. The van der Waals surface area contributed by atoms with E-state index in [1.807, 2.05) is 0 Å². The summed E-state index contributed by atoms with van der Waals surface area (Å²) >= 11 is 2.25. The molecule has 14 nitrogen and oxygen atoms in total. The van der Waals surface area contributed by atoms with Gasteiger partial charge in [0.1, 0.15) is 29.4 Å². The average molecular weight is 537 g/mol.